The van der Waals surface area contributed by atoms with Crippen LogP contribution >= 0.6 is 50.9 Å². The second-order valence-electron chi connectivity index (χ2n) is 6.11. The summed E-state index contributed by atoms with van der Waals surface area (Å²) in [6.45, 7) is 0.160. The summed E-state index contributed by atoms with van der Waals surface area (Å²) < 4.78 is 2.66. The predicted octanol–water partition coefficient (Wildman–Crippen LogP) is 4.55. The van der Waals surface area contributed by atoms with Gasteiger partial charge in [-0.2, -0.15) is 0 Å². The average molecular weight is 529 g/mol. The molecule has 0 unspecified atom stereocenters. The number of hydrogen-bond donors (Lipinski definition) is 2. The first-order valence-electron chi connectivity index (χ1n) is 8.63. The normalized spacial score (nSPS) is 10.7. The summed E-state index contributed by atoms with van der Waals surface area (Å²) in [7, 11) is 1.77. The Hall–Kier alpha value is -2.07. The molecule has 2 aromatic carbocycles. The summed E-state index contributed by atoms with van der Waals surface area (Å²) >= 11 is 16.5. The lowest BCUT2D eigenvalue weighted by Gasteiger charge is -2.08. The highest BCUT2D eigenvalue weighted by Gasteiger charge is 2.15. The molecule has 0 fully saturated rings. The minimum absolute atomic E-state index is 0.155. The van der Waals surface area contributed by atoms with Crippen LogP contribution in [0.5, 0.6) is 0 Å². The van der Waals surface area contributed by atoms with Crippen molar-refractivity contribution in [3.05, 3.63) is 68.4 Å². The van der Waals surface area contributed by atoms with Crippen molar-refractivity contribution in [3.63, 3.8) is 0 Å². The number of benzene rings is 2. The molecule has 2 N–H and O–H groups in total. The number of nitrogens with zero attached hydrogens (tertiary/aromatic N) is 3. The molecule has 3 rings (SSSR count). The molecule has 0 bridgehead atoms. The standard InChI is InChI=1S/C19H16BrCl2N5O2S/c1-27-16(9-23-18(29)14-7-4-12(21)8-15(14)22)25-26-19(27)30-10-17(28)24-13-5-2-11(20)3-6-13/h2-8H,9-10H2,1H3,(H,23,29)(H,24,28). The molecule has 0 aliphatic carbocycles. The lowest BCUT2D eigenvalue weighted by Crippen LogP contribution is -2.24. The van der Waals surface area contributed by atoms with Crippen LogP contribution < -0.4 is 10.6 Å². The molecule has 0 aliphatic rings. The Balaban J connectivity index is 1.53. The van der Waals surface area contributed by atoms with Gasteiger partial charge in [0.05, 0.1) is 22.9 Å². The lowest BCUT2D eigenvalue weighted by atomic mass is 10.2. The Morgan fingerprint density at radius 2 is 1.87 bits per heavy atom. The van der Waals surface area contributed by atoms with Gasteiger partial charge in [-0.05, 0) is 42.5 Å². The van der Waals surface area contributed by atoms with Crippen LogP contribution in [0.15, 0.2) is 52.1 Å². The van der Waals surface area contributed by atoms with E-state index in [0.29, 0.717) is 27.3 Å². The fourth-order valence-corrected chi connectivity index (χ4v) is 3.90. The van der Waals surface area contributed by atoms with E-state index in [2.05, 4.69) is 36.8 Å². The molecule has 7 nitrogen and oxygen atoms in total. The van der Waals surface area contributed by atoms with Crippen LogP contribution in [0.1, 0.15) is 16.2 Å². The Morgan fingerprint density at radius 1 is 1.13 bits per heavy atom. The van der Waals surface area contributed by atoms with E-state index in [1.54, 1.807) is 23.7 Å². The van der Waals surface area contributed by atoms with Crippen molar-refractivity contribution in [2.45, 2.75) is 11.7 Å². The molecule has 1 heterocycles. The maximum atomic E-state index is 12.3. The number of halogens is 3. The molecular formula is C19H16BrCl2N5O2S. The number of thioether (sulfide) groups is 1. The number of aromatic nitrogens is 3. The van der Waals surface area contributed by atoms with E-state index in [1.165, 1.54) is 17.8 Å². The van der Waals surface area contributed by atoms with Gasteiger partial charge in [0.1, 0.15) is 0 Å². The number of carbonyl (C=O) groups excluding carboxylic acids is 2. The topological polar surface area (TPSA) is 88.9 Å². The molecule has 2 amide bonds. The first-order chi connectivity index (χ1) is 14.3. The van der Waals surface area contributed by atoms with E-state index in [0.717, 1.165) is 4.47 Å². The number of nitrogens with one attached hydrogen (secondary N) is 2. The maximum absolute atomic E-state index is 12.3. The molecule has 0 aliphatic heterocycles. The van der Waals surface area contributed by atoms with Gasteiger partial charge in [0.2, 0.25) is 5.91 Å². The fraction of sp³-hybridized carbons (Fsp3) is 0.158. The molecule has 0 saturated carbocycles. The van der Waals surface area contributed by atoms with Crippen LogP contribution in [0.25, 0.3) is 0 Å². The van der Waals surface area contributed by atoms with E-state index in [-0.39, 0.29) is 29.1 Å². The Labute approximate surface area is 195 Å². The van der Waals surface area contributed by atoms with Crippen molar-refractivity contribution in [2.24, 2.45) is 7.05 Å². The molecule has 11 heteroatoms. The highest BCUT2D eigenvalue weighted by molar-refractivity contribution is 9.10. The lowest BCUT2D eigenvalue weighted by molar-refractivity contribution is -0.113. The van der Waals surface area contributed by atoms with Crippen molar-refractivity contribution in [1.29, 1.82) is 0 Å². The van der Waals surface area contributed by atoms with Gasteiger partial charge in [-0.3, -0.25) is 9.59 Å². The molecular weight excluding hydrogens is 513 g/mol. The van der Waals surface area contributed by atoms with Crippen LogP contribution in [0.4, 0.5) is 5.69 Å². The fourth-order valence-electron chi connectivity index (χ4n) is 2.41. The van der Waals surface area contributed by atoms with E-state index in [9.17, 15) is 9.59 Å². The van der Waals surface area contributed by atoms with E-state index >= 15 is 0 Å². The van der Waals surface area contributed by atoms with Gasteiger partial charge in [0.25, 0.3) is 5.91 Å². The van der Waals surface area contributed by atoms with Gasteiger partial charge in [0.15, 0.2) is 11.0 Å². The molecule has 0 saturated heterocycles. The van der Waals surface area contributed by atoms with E-state index < -0.39 is 0 Å². The predicted molar refractivity (Wildman–Crippen MR) is 122 cm³/mol. The van der Waals surface area contributed by atoms with Gasteiger partial charge in [-0.15, -0.1) is 10.2 Å². The quantitative estimate of drug-likeness (QED) is 0.439. The number of carbonyl (C=O) groups is 2. The van der Waals surface area contributed by atoms with Gasteiger partial charge < -0.3 is 15.2 Å². The molecule has 30 heavy (non-hydrogen) atoms. The van der Waals surface area contributed by atoms with Crippen LogP contribution in [0.3, 0.4) is 0 Å². The largest absolute Gasteiger partial charge is 0.345 e. The highest BCUT2D eigenvalue weighted by Crippen LogP contribution is 2.21. The van der Waals surface area contributed by atoms with Gasteiger partial charge in [-0.25, -0.2) is 0 Å². The van der Waals surface area contributed by atoms with Crippen molar-refractivity contribution in [2.75, 3.05) is 11.1 Å². The van der Waals surface area contributed by atoms with Gasteiger partial charge in [-0.1, -0.05) is 50.9 Å². The van der Waals surface area contributed by atoms with E-state index in [1.807, 2.05) is 24.3 Å². The SMILES string of the molecule is Cn1c(CNC(=O)c2ccc(Cl)cc2Cl)nnc1SCC(=O)Nc1ccc(Br)cc1. The maximum Gasteiger partial charge on any atom is 0.253 e. The highest BCUT2D eigenvalue weighted by atomic mass is 79.9. The molecule has 0 spiro atoms. The summed E-state index contributed by atoms with van der Waals surface area (Å²) in [6.07, 6.45) is 0. The van der Waals surface area contributed by atoms with Crippen LogP contribution in [0, 0.1) is 0 Å². The van der Waals surface area contributed by atoms with Gasteiger partial charge in [0, 0.05) is 22.2 Å². The summed E-state index contributed by atoms with van der Waals surface area (Å²) in [5.74, 6) is 0.221. The zero-order chi connectivity index (χ0) is 21.7. The first kappa shape index (κ1) is 22.6. The van der Waals surface area contributed by atoms with Crippen LogP contribution in [-0.4, -0.2) is 32.3 Å². The Kier molecular flexibility index (Phi) is 7.76. The van der Waals surface area contributed by atoms with E-state index in [4.69, 9.17) is 23.2 Å². The minimum atomic E-state index is -0.345. The third-order valence-corrected chi connectivity index (χ3v) is 6.06. The third-order valence-electron chi connectivity index (χ3n) is 3.97. The number of rotatable bonds is 7. The summed E-state index contributed by atoms with van der Waals surface area (Å²) in [5, 5.41) is 15.0. The molecule has 3 aromatic rings. The van der Waals surface area contributed by atoms with Crippen molar-refractivity contribution in [3.8, 4) is 0 Å². The smallest absolute Gasteiger partial charge is 0.253 e. The zero-order valence-electron chi connectivity index (χ0n) is 15.7. The molecule has 156 valence electrons. The number of hydrogen-bond acceptors (Lipinski definition) is 5. The third kappa shape index (κ3) is 5.98. The molecule has 0 atom stereocenters. The monoisotopic (exact) mass is 527 g/mol. The number of anilines is 1. The summed E-state index contributed by atoms with van der Waals surface area (Å²) in [4.78, 5) is 24.5. The first-order valence-corrected chi connectivity index (χ1v) is 11.2. The number of amides is 2. The molecule has 1 aromatic heterocycles. The summed E-state index contributed by atoms with van der Waals surface area (Å²) in [6, 6.07) is 12.0. The average Bonchev–Trinajstić information content (AvgIpc) is 3.06. The van der Waals surface area contributed by atoms with Crippen LogP contribution in [-0.2, 0) is 18.4 Å². The Bertz CT molecular complexity index is 1080. The summed E-state index contributed by atoms with van der Waals surface area (Å²) in [5.41, 5.74) is 1.04. The second kappa shape index (κ2) is 10.3. The van der Waals surface area contributed by atoms with Gasteiger partial charge >= 0.3 is 0 Å². The Morgan fingerprint density at radius 3 is 2.57 bits per heavy atom. The zero-order valence-corrected chi connectivity index (χ0v) is 19.6. The molecule has 0 radical (unpaired) electrons. The van der Waals surface area contributed by atoms with Crippen LogP contribution in [0.2, 0.25) is 10.0 Å². The van der Waals surface area contributed by atoms with Crippen molar-refractivity contribution < 1.29 is 9.59 Å². The van der Waals surface area contributed by atoms with Crippen molar-refractivity contribution >= 4 is 68.4 Å². The second-order valence-corrected chi connectivity index (χ2v) is 8.81. The van der Waals surface area contributed by atoms with Crippen molar-refractivity contribution in [1.82, 2.24) is 20.1 Å². The minimum Gasteiger partial charge on any atom is -0.345 e.